The van der Waals surface area contributed by atoms with Gasteiger partial charge in [-0.1, -0.05) is 44.0 Å². The quantitative estimate of drug-likeness (QED) is 0.597. The van der Waals surface area contributed by atoms with Crippen molar-refractivity contribution in [2.45, 2.75) is 6.54 Å². The van der Waals surface area contributed by atoms with Crippen LogP contribution in [0.25, 0.3) is 11.3 Å². The third kappa shape index (κ3) is 4.12. The first kappa shape index (κ1) is 16.0. The topological polar surface area (TPSA) is 42.2 Å². The normalized spacial score (nSPS) is 10.5. The van der Waals surface area contributed by atoms with Crippen LogP contribution >= 0.6 is 31.9 Å². The van der Waals surface area contributed by atoms with Crippen molar-refractivity contribution in [3.63, 3.8) is 0 Å². The maximum atomic E-state index is 12.1. The van der Waals surface area contributed by atoms with Crippen LogP contribution < -0.4 is 5.32 Å². The van der Waals surface area contributed by atoms with Crippen molar-refractivity contribution in [3.05, 3.63) is 80.9 Å². The third-order valence-electron chi connectivity index (χ3n) is 3.32. The largest absolute Gasteiger partial charge is 0.459 e. The number of carbonyl (C=O) groups is 1. The molecule has 1 N–H and O–H groups in total. The summed E-state index contributed by atoms with van der Waals surface area (Å²) in [5, 5.41) is 2.85. The van der Waals surface area contributed by atoms with Crippen molar-refractivity contribution in [2.75, 3.05) is 0 Å². The first-order chi connectivity index (χ1) is 11.1. The van der Waals surface area contributed by atoms with Gasteiger partial charge >= 0.3 is 0 Å². The van der Waals surface area contributed by atoms with Crippen LogP contribution in [0.5, 0.6) is 0 Å². The van der Waals surface area contributed by atoms with Crippen molar-refractivity contribution >= 4 is 37.8 Å². The van der Waals surface area contributed by atoms with Crippen LogP contribution in [-0.4, -0.2) is 5.91 Å². The van der Waals surface area contributed by atoms with E-state index in [4.69, 9.17) is 4.42 Å². The molecule has 0 saturated heterocycles. The lowest BCUT2D eigenvalue weighted by atomic mass is 10.2. The lowest BCUT2D eigenvalue weighted by Crippen LogP contribution is -2.22. The fourth-order valence-corrected chi connectivity index (χ4v) is 2.64. The molecule has 0 unspecified atom stereocenters. The van der Waals surface area contributed by atoms with E-state index in [1.165, 1.54) is 0 Å². The standard InChI is InChI=1S/C18H13Br2NO2/c19-14-5-1-12(2-6-14)17-10-9-16(23-17)11-21-18(22)13-3-7-15(20)8-4-13/h1-10H,11H2,(H,21,22). The van der Waals surface area contributed by atoms with E-state index in [0.29, 0.717) is 17.9 Å². The average Bonchev–Trinajstić information content (AvgIpc) is 3.03. The fourth-order valence-electron chi connectivity index (χ4n) is 2.11. The van der Waals surface area contributed by atoms with Crippen LogP contribution in [-0.2, 0) is 6.54 Å². The minimum Gasteiger partial charge on any atom is -0.459 e. The Kier molecular flexibility index (Phi) is 4.98. The Morgan fingerprint density at radius 3 is 2.13 bits per heavy atom. The number of carbonyl (C=O) groups excluding carboxylic acids is 1. The van der Waals surface area contributed by atoms with E-state index in [1.807, 2.05) is 48.5 Å². The third-order valence-corrected chi connectivity index (χ3v) is 4.38. The molecule has 0 bridgehead atoms. The van der Waals surface area contributed by atoms with E-state index in [-0.39, 0.29) is 5.91 Å². The molecular weight excluding hydrogens is 422 g/mol. The number of nitrogens with one attached hydrogen (secondary N) is 1. The van der Waals surface area contributed by atoms with Crippen LogP contribution in [0.2, 0.25) is 0 Å². The number of benzene rings is 2. The minimum atomic E-state index is -0.126. The predicted molar refractivity (Wildman–Crippen MR) is 97.2 cm³/mol. The van der Waals surface area contributed by atoms with Gasteiger partial charge in [-0.3, -0.25) is 4.79 Å². The molecule has 1 aromatic heterocycles. The van der Waals surface area contributed by atoms with Crippen LogP contribution in [0.15, 0.2) is 74.0 Å². The van der Waals surface area contributed by atoms with E-state index in [9.17, 15) is 4.79 Å². The number of furan rings is 1. The van der Waals surface area contributed by atoms with Crippen molar-refractivity contribution in [2.24, 2.45) is 0 Å². The number of hydrogen-bond donors (Lipinski definition) is 1. The molecule has 23 heavy (non-hydrogen) atoms. The second-order valence-corrected chi connectivity index (χ2v) is 6.79. The minimum absolute atomic E-state index is 0.126. The van der Waals surface area contributed by atoms with Crippen molar-refractivity contribution in [3.8, 4) is 11.3 Å². The second-order valence-electron chi connectivity index (χ2n) is 4.96. The van der Waals surface area contributed by atoms with Gasteiger partial charge in [-0.2, -0.15) is 0 Å². The smallest absolute Gasteiger partial charge is 0.251 e. The molecule has 0 radical (unpaired) electrons. The van der Waals surface area contributed by atoms with E-state index in [1.54, 1.807) is 12.1 Å². The molecule has 3 nitrogen and oxygen atoms in total. The Labute approximate surface area is 151 Å². The summed E-state index contributed by atoms with van der Waals surface area (Å²) in [5.74, 6) is 1.37. The number of halogens is 2. The maximum absolute atomic E-state index is 12.1. The van der Waals surface area contributed by atoms with Gasteiger partial charge < -0.3 is 9.73 Å². The Morgan fingerprint density at radius 2 is 1.48 bits per heavy atom. The van der Waals surface area contributed by atoms with E-state index in [0.717, 1.165) is 20.3 Å². The predicted octanol–water partition coefficient (Wildman–Crippen LogP) is 5.40. The van der Waals surface area contributed by atoms with E-state index in [2.05, 4.69) is 37.2 Å². The fraction of sp³-hybridized carbons (Fsp3) is 0.0556. The summed E-state index contributed by atoms with van der Waals surface area (Å²) < 4.78 is 7.74. The Balaban J connectivity index is 1.64. The molecule has 0 aliphatic heterocycles. The molecule has 116 valence electrons. The van der Waals surface area contributed by atoms with Crippen molar-refractivity contribution in [1.82, 2.24) is 5.32 Å². The monoisotopic (exact) mass is 433 g/mol. The van der Waals surface area contributed by atoms with Crippen LogP contribution in [0.1, 0.15) is 16.1 Å². The van der Waals surface area contributed by atoms with Gasteiger partial charge in [0.1, 0.15) is 11.5 Å². The van der Waals surface area contributed by atoms with E-state index >= 15 is 0 Å². The Hall–Kier alpha value is -1.85. The number of amides is 1. The summed E-state index contributed by atoms with van der Waals surface area (Å²) in [6.07, 6.45) is 0. The van der Waals surface area contributed by atoms with Gasteiger partial charge in [0.25, 0.3) is 5.91 Å². The van der Waals surface area contributed by atoms with Gasteiger partial charge in [-0.05, 0) is 48.5 Å². The van der Waals surface area contributed by atoms with Crippen molar-refractivity contribution in [1.29, 1.82) is 0 Å². The van der Waals surface area contributed by atoms with Gasteiger partial charge in [0.2, 0.25) is 0 Å². The highest BCUT2D eigenvalue weighted by Crippen LogP contribution is 2.24. The van der Waals surface area contributed by atoms with Gasteiger partial charge in [0, 0.05) is 20.1 Å². The molecule has 3 rings (SSSR count). The summed E-state index contributed by atoms with van der Waals surface area (Å²) in [6.45, 7) is 0.353. The highest BCUT2D eigenvalue weighted by molar-refractivity contribution is 9.10. The van der Waals surface area contributed by atoms with Crippen LogP contribution in [0.3, 0.4) is 0 Å². The molecule has 1 heterocycles. The summed E-state index contributed by atoms with van der Waals surface area (Å²) >= 11 is 6.76. The summed E-state index contributed by atoms with van der Waals surface area (Å²) in [4.78, 5) is 12.1. The zero-order chi connectivity index (χ0) is 16.2. The molecule has 0 aliphatic carbocycles. The average molecular weight is 435 g/mol. The van der Waals surface area contributed by atoms with Gasteiger partial charge in [0.05, 0.1) is 6.54 Å². The SMILES string of the molecule is O=C(NCc1ccc(-c2ccc(Br)cc2)o1)c1ccc(Br)cc1. The lowest BCUT2D eigenvalue weighted by Gasteiger charge is -2.03. The Morgan fingerprint density at radius 1 is 0.870 bits per heavy atom. The zero-order valence-electron chi connectivity index (χ0n) is 12.1. The van der Waals surface area contributed by atoms with Crippen LogP contribution in [0.4, 0.5) is 0 Å². The number of hydrogen-bond acceptors (Lipinski definition) is 2. The van der Waals surface area contributed by atoms with Crippen molar-refractivity contribution < 1.29 is 9.21 Å². The second kappa shape index (κ2) is 7.15. The van der Waals surface area contributed by atoms with Crippen LogP contribution in [0, 0.1) is 0 Å². The molecule has 0 spiro atoms. The molecule has 1 amide bonds. The summed E-state index contributed by atoms with van der Waals surface area (Å²) in [6, 6.07) is 18.9. The molecule has 3 aromatic rings. The lowest BCUT2D eigenvalue weighted by molar-refractivity contribution is 0.0948. The molecule has 0 fully saturated rings. The first-order valence-electron chi connectivity index (χ1n) is 7.00. The number of rotatable bonds is 4. The molecule has 5 heteroatoms. The summed E-state index contributed by atoms with van der Waals surface area (Å²) in [5.41, 5.74) is 1.62. The van der Waals surface area contributed by atoms with Gasteiger partial charge in [-0.15, -0.1) is 0 Å². The molecule has 0 atom stereocenters. The zero-order valence-corrected chi connectivity index (χ0v) is 15.2. The molecule has 2 aromatic carbocycles. The summed E-state index contributed by atoms with van der Waals surface area (Å²) in [7, 11) is 0. The maximum Gasteiger partial charge on any atom is 0.251 e. The Bertz CT molecular complexity index is 808. The van der Waals surface area contributed by atoms with E-state index < -0.39 is 0 Å². The van der Waals surface area contributed by atoms with Gasteiger partial charge in [0.15, 0.2) is 0 Å². The highest BCUT2D eigenvalue weighted by atomic mass is 79.9. The molecule has 0 aliphatic rings. The van der Waals surface area contributed by atoms with Gasteiger partial charge in [-0.25, -0.2) is 0 Å². The molecule has 0 saturated carbocycles. The highest BCUT2D eigenvalue weighted by Gasteiger charge is 2.08. The first-order valence-corrected chi connectivity index (χ1v) is 8.59. The molecular formula is C18H13Br2NO2.